The van der Waals surface area contributed by atoms with Crippen molar-refractivity contribution in [1.82, 2.24) is 0 Å². The molecule has 94 valence electrons. The molecule has 0 spiro atoms. The molecular formula is C13H19O3P. The van der Waals surface area contributed by atoms with Gasteiger partial charge in [-0.25, -0.2) is 0 Å². The molecule has 3 nitrogen and oxygen atoms in total. The van der Waals surface area contributed by atoms with E-state index >= 15 is 0 Å². The van der Waals surface area contributed by atoms with E-state index in [9.17, 15) is 4.57 Å². The number of fused-ring (bicyclic) bond motifs is 1. The van der Waals surface area contributed by atoms with Gasteiger partial charge in [-0.1, -0.05) is 6.92 Å². The Bertz CT molecular complexity index is 482. The van der Waals surface area contributed by atoms with Crippen molar-refractivity contribution in [2.45, 2.75) is 19.0 Å². The zero-order valence-electron chi connectivity index (χ0n) is 10.8. The molecule has 0 N–H and O–H groups in total. The molecule has 1 heterocycles. The van der Waals surface area contributed by atoms with Crippen LogP contribution < -0.4 is 9.47 Å². The summed E-state index contributed by atoms with van der Waals surface area (Å²) >= 11 is 0. The average Bonchev–Trinajstić information content (AvgIpc) is 2.33. The van der Waals surface area contributed by atoms with E-state index < -0.39 is 7.14 Å². The molecule has 0 amide bonds. The monoisotopic (exact) mass is 254 g/mol. The number of hydrogen-bond donors (Lipinski definition) is 0. The van der Waals surface area contributed by atoms with Gasteiger partial charge in [-0.2, -0.15) is 0 Å². The molecule has 2 atom stereocenters. The molecule has 0 radical (unpaired) electrons. The maximum Gasteiger partial charge on any atom is 0.161 e. The molecular weight excluding hydrogens is 235 g/mol. The molecule has 17 heavy (non-hydrogen) atoms. The summed E-state index contributed by atoms with van der Waals surface area (Å²) in [6.07, 6.45) is 1.66. The van der Waals surface area contributed by atoms with E-state index in [0.29, 0.717) is 0 Å². The van der Waals surface area contributed by atoms with Crippen molar-refractivity contribution in [2.75, 3.05) is 27.0 Å². The highest BCUT2D eigenvalue weighted by Crippen LogP contribution is 2.60. The second kappa shape index (κ2) is 4.38. The first-order valence-corrected chi connectivity index (χ1v) is 8.21. The van der Waals surface area contributed by atoms with Crippen molar-refractivity contribution in [2.24, 2.45) is 0 Å². The van der Waals surface area contributed by atoms with Crippen LogP contribution in [-0.2, 0) is 11.0 Å². The Morgan fingerprint density at radius 1 is 1.24 bits per heavy atom. The van der Waals surface area contributed by atoms with Gasteiger partial charge < -0.3 is 14.0 Å². The second-order valence-electron chi connectivity index (χ2n) is 4.73. The lowest BCUT2D eigenvalue weighted by molar-refractivity contribution is 0.354. The zero-order chi connectivity index (χ0) is 12.6. The van der Waals surface area contributed by atoms with E-state index in [1.165, 1.54) is 5.56 Å². The molecule has 2 rings (SSSR count). The van der Waals surface area contributed by atoms with E-state index in [1.54, 1.807) is 14.2 Å². The normalized spacial score (nSPS) is 27.4. The fraction of sp³-hybridized carbons (Fsp3) is 0.538. The van der Waals surface area contributed by atoms with Crippen molar-refractivity contribution in [3.8, 4) is 11.5 Å². The second-order valence-corrected chi connectivity index (χ2v) is 8.30. The predicted molar refractivity (Wildman–Crippen MR) is 70.1 cm³/mol. The summed E-state index contributed by atoms with van der Waals surface area (Å²) in [6.45, 7) is 3.95. The lowest BCUT2D eigenvalue weighted by atomic mass is 10.0. The number of rotatable bonds is 2. The first-order valence-electron chi connectivity index (χ1n) is 5.80. The third-order valence-corrected chi connectivity index (χ3v) is 6.77. The topological polar surface area (TPSA) is 35.5 Å². The molecule has 0 aromatic heterocycles. The van der Waals surface area contributed by atoms with Crippen LogP contribution in [0.3, 0.4) is 0 Å². The van der Waals surface area contributed by atoms with Gasteiger partial charge >= 0.3 is 0 Å². The smallest absolute Gasteiger partial charge is 0.161 e. The first-order chi connectivity index (χ1) is 7.99. The van der Waals surface area contributed by atoms with Gasteiger partial charge in [0.2, 0.25) is 0 Å². The van der Waals surface area contributed by atoms with Crippen molar-refractivity contribution < 1.29 is 14.0 Å². The molecule has 0 saturated carbocycles. The molecule has 4 heteroatoms. The van der Waals surface area contributed by atoms with Crippen LogP contribution in [0.15, 0.2) is 12.1 Å². The van der Waals surface area contributed by atoms with E-state index in [0.717, 1.165) is 29.6 Å². The molecule has 0 saturated heterocycles. The lowest BCUT2D eigenvalue weighted by Crippen LogP contribution is -2.12. The predicted octanol–water partition coefficient (Wildman–Crippen LogP) is 3.31. The number of benzene rings is 1. The van der Waals surface area contributed by atoms with Gasteiger partial charge in [0.1, 0.15) is 0 Å². The van der Waals surface area contributed by atoms with Gasteiger partial charge in [-0.15, -0.1) is 0 Å². The van der Waals surface area contributed by atoms with Gasteiger partial charge in [0.05, 0.1) is 21.4 Å². The summed E-state index contributed by atoms with van der Waals surface area (Å²) in [6, 6.07) is 4.00. The van der Waals surface area contributed by atoms with Crippen molar-refractivity contribution in [1.29, 1.82) is 0 Å². The van der Waals surface area contributed by atoms with Gasteiger partial charge in [0.15, 0.2) is 11.5 Å². The van der Waals surface area contributed by atoms with Crippen LogP contribution >= 0.6 is 7.14 Å². The Morgan fingerprint density at radius 2 is 1.82 bits per heavy atom. The number of methoxy groups -OCH3 is 2. The Balaban J connectivity index is 2.54. The van der Waals surface area contributed by atoms with Crippen molar-refractivity contribution in [3.05, 3.63) is 23.3 Å². The van der Waals surface area contributed by atoms with E-state index in [-0.39, 0.29) is 5.66 Å². The summed E-state index contributed by atoms with van der Waals surface area (Å²) in [4.78, 5) is 0. The van der Waals surface area contributed by atoms with Crippen LogP contribution in [0.2, 0.25) is 0 Å². The van der Waals surface area contributed by atoms with Crippen molar-refractivity contribution in [3.63, 3.8) is 0 Å². The maximum atomic E-state index is 12.4. The third kappa shape index (κ3) is 2.09. The highest BCUT2D eigenvalue weighted by molar-refractivity contribution is 7.63. The van der Waals surface area contributed by atoms with Crippen LogP contribution in [0, 0.1) is 0 Å². The van der Waals surface area contributed by atoms with E-state index in [2.05, 4.69) is 0 Å². The molecule has 1 aromatic rings. The van der Waals surface area contributed by atoms with E-state index in [4.69, 9.17) is 9.47 Å². The summed E-state index contributed by atoms with van der Waals surface area (Å²) in [5.41, 5.74) is 2.51. The van der Waals surface area contributed by atoms with Crippen molar-refractivity contribution >= 4 is 7.14 Å². The minimum Gasteiger partial charge on any atom is -0.493 e. The molecule has 1 aromatic carbocycles. The number of aryl methyl sites for hydroxylation is 1. The average molecular weight is 254 g/mol. The number of hydrogen-bond acceptors (Lipinski definition) is 3. The summed E-state index contributed by atoms with van der Waals surface area (Å²) < 4.78 is 23.0. The number of ether oxygens (including phenoxy) is 2. The minimum absolute atomic E-state index is 0.117. The standard InChI is InChI=1S/C13H19O3P/c1-9-11-8-13(16-3)12(15-2)7-10(11)5-6-17(9,4)14/h7-9H,5-6H2,1-4H3/t9-,17-/m0/s1. The maximum absolute atomic E-state index is 12.4. The lowest BCUT2D eigenvalue weighted by Gasteiger charge is -2.29. The van der Waals surface area contributed by atoms with Crippen LogP contribution in [0.4, 0.5) is 0 Å². The van der Waals surface area contributed by atoms with Gasteiger partial charge in [-0.05, 0) is 36.3 Å². The van der Waals surface area contributed by atoms with Crippen LogP contribution in [0.1, 0.15) is 23.7 Å². The van der Waals surface area contributed by atoms with Crippen LogP contribution in [-0.4, -0.2) is 27.0 Å². The van der Waals surface area contributed by atoms with Gasteiger partial charge in [0, 0.05) is 11.8 Å². The summed E-state index contributed by atoms with van der Waals surface area (Å²) in [7, 11) is 1.21. The third-order valence-electron chi connectivity index (χ3n) is 3.74. The Morgan fingerprint density at radius 3 is 2.41 bits per heavy atom. The van der Waals surface area contributed by atoms with Gasteiger partial charge in [-0.3, -0.25) is 0 Å². The largest absolute Gasteiger partial charge is 0.493 e. The first kappa shape index (κ1) is 12.5. The highest BCUT2D eigenvalue weighted by atomic mass is 31.2. The van der Waals surface area contributed by atoms with E-state index in [1.807, 2.05) is 25.7 Å². The molecule has 0 unspecified atom stereocenters. The van der Waals surface area contributed by atoms with Gasteiger partial charge in [0.25, 0.3) is 0 Å². The summed E-state index contributed by atoms with van der Waals surface area (Å²) in [5, 5.41) is 0. The van der Waals surface area contributed by atoms with Crippen LogP contribution in [0.25, 0.3) is 0 Å². The highest BCUT2D eigenvalue weighted by Gasteiger charge is 2.32. The molecule has 0 bridgehead atoms. The molecule has 1 aliphatic heterocycles. The fourth-order valence-corrected chi connectivity index (χ4v) is 4.27. The fourth-order valence-electron chi connectivity index (χ4n) is 2.37. The van der Waals surface area contributed by atoms with Crippen LogP contribution in [0.5, 0.6) is 11.5 Å². The Labute approximate surface area is 102 Å². The Kier molecular flexibility index (Phi) is 3.22. The molecule has 1 aliphatic rings. The zero-order valence-corrected chi connectivity index (χ0v) is 11.7. The quantitative estimate of drug-likeness (QED) is 0.759. The Hall–Kier alpha value is -0.950. The minimum atomic E-state index is -2.06. The SMILES string of the molecule is COc1cc2c(cc1OC)[C@H](C)[P@@](C)(=O)CC2. The summed E-state index contributed by atoms with van der Waals surface area (Å²) in [5.74, 6) is 1.48. The molecule has 0 fully saturated rings. The molecule has 0 aliphatic carbocycles.